The van der Waals surface area contributed by atoms with Crippen LogP contribution in [0.25, 0.3) is 0 Å². The molecule has 2 aromatic heterocycles. The van der Waals surface area contributed by atoms with Crippen LogP contribution in [0.15, 0.2) is 42.7 Å². The van der Waals surface area contributed by atoms with Crippen LogP contribution in [0.2, 0.25) is 5.15 Å². The molecule has 0 spiro atoms. The quantitative estimate of drug-likeness (QED) is 0.162. The smallest absolute Gasteiger partial charge is 0.356 e. The summed E-state index contributed by atoms with van der Waals surface area (Å²) in [5.74, 6) is -1.50. The lowest BCUT2D eigenvalue weighted by Gasteiger charge is -2.34. The second-order valence-electron chi connectivity index (χ2n) is 12.8. The Morgan fingerprint density at radius 1 is 0.923 bits per heavy atom. The number of anilines is 2. The molecular formula is C35H40ClF3N10O3. The fourth-order valence-electron chi connectivity index (χ4n) is 6.38. The van der Waals surface area contributed by atoms with Gasteiger partial charge in [-0.25, -0.2) is 19.9 Å². The molecule has 13 nitrogen and oxygen atoms in total. The van der Waals surface area contributed by atoms with Crippen molar-refractivity contribution in [2.45, 2.75) is 63.6 Å². The third kappa shape index (κ3) is 10.7. The van der Waals surface area contributed by atoms with Gasteiger partial charge in [0, 0.05) is 57.8 Å². The Morgan fingerprint density at radius 3 is 2.37 bits per heavy atom. The van der Waals surface area contributed by atoms with Gasteiger partial charge in [0.2, 0.25) is 17.6 Å². The highest BCUT2D eigenvalue weighted by molar-refractivity contribution is 6.29. The molecule has 276 valence electrons. The molecule has 3 N–H and O–H groups in total. The fraction of sp³-hybridized carbons (Fsp3) is 0.486. The van der Waals surface area contributed by atoms with Crippen LogP contribution in [0.3, 0.4) is 0 Å². The van der Waals surface area contributed by atoms with Crippen molar-refractivity contribution in [2.75, 3.05) is 49.1 Å². The number of benzene rings is 1. The van der Waals surface area contributed by atoms with E-state index in [2.05, 4.69) is 42.0 Å². The lowest BCUT2D eigenvalue weighted by Crippen LogP contribution is -2.44. The molecule has 0 aliphatic carbocycles. The molecule has 3 amide bonds. The van der Waals surface area contributed by atoms with Crippen molar-refractivity contribution in [1.82, 2.24) is 35.9 Å². The van der Waals surface area contributed by atoms with Crippen LogP contribution >= 0.6 is 11.6 Å². The summed E-state index contributed by atoms with van der Waals surface area (Å²) in [6.45, 7) is 2.22. The molecule has 4 heterocycles. The molecule has 1 atom stereocenters. The number of halogens is 4. The third-order valence-corrected chi connectivity index (χ3v) is 9.36. The summed E-state index contributed by atoms with van der Waals surface area (Å²) in [5.41, 5.74) is 1.63. The zero-order valence-electron chi connectivity index (χ0n) is 28.5. The largest absolute Gasteiger partial charge is 0.451 e. The number of carbonyl (C=O) groups excluding carboxylic acids is 3. The van der Waals surface area contributed by atoms with Crippen molar-refractivity contribution < 1.29 is 27.6 Å². The van der Waals surface area contributed by atoms with Crippen molar-refractivity contribution in [3.8, 4) is 6.07 Å². The zero-order valence-corrected chi connectivity index (χ0v) is 29.2. The van der Waals surface area contributed by atoms with Crippen LogP contribution in [0.1, 0.15) is 72.4 Å². The number of amides is 3. The third-order valence-electron chi connectivity index (χ3n) is 9.15. The Bertz CT molecular complexity index is 1750. The van der Waals surface area contributed by atoms with E-state index in [1.807, 2.05) is 17.0 Å². The number of alkyl halides is 3. The Labute approximate surface area is 304 Å². The molecule has 3 aromatic rings. The molecule has 17 heteroatoms. The number of rotatable bonds is 14. The second kappa shape index (κ2) is 17.9. The molecule has 52 heavy (non-hydrogen) atoms. The maximum absolute atomic E-state index is 14.0. The van der Waals surface area contributed by atoms with Gasteiger partial charge in [0.1, 0.15) is 34.9 Å². The van der Waals surface area contributed by atoms with Crippen LogP contribution in [-0.2, 0) is 22.2 Å². The summed E-state index contributed by atoms with van der Waals surface area (Å²) < 4.78 is 42.0. The number of hydrogen-bond donors (Lipinski definition) is 3. The Balaban J connectivity index is 1.08. The van der Waals surface area contributed by atoms with Gasteiger partial charge in [0.15, 0.2) is 0 Å². The molecule has 2 fully saturated rings. The highest BCUT2D eigenvalue weighted by Gasteiger charge is 2.39. The molecular weight excluding hydrogens is 701 g/mol. The molecule has 2 aliphatic heterocycles. The van der Waals surface area contributed by atoms with Crippen molar-refractivity contribution in [3.05, 3.63) is 70.5 Å². The van der Waals surface area contributed by atoms with Crippen molar-refractivity contribution in [2.24, 2.45) is 5.92 Å². The van der Waals surface area contributed by atoms with E-state index in [4.69, 9.17) is 16.9 Å². The van der Waals surface area contributed by atoms with Crippen LogP contribution in [0.4, 0.5) is 24.8 Å². The predicted molar refractivity (Wildman–Crippen MR) is 186 cm³/mol. The van der Waals surface area contributed by atoms with Gasteiger partial charge in [-0.2, -0.15) is 18.4 Å². The molecule has 2 saturated heterocycles. The standard InChI is InChI=1S/C35H40ClF3N10O3/c36-28-19-26(44-22-45-28)32(51)43-15-14-41-31(50)5-1-3-23-11-17-48(18-12-23)29-20-30(47-34(46-29)35(37,38)39)49-16-2-4-27(49)33(52)42-13-10-24-6-8-25(21-40)9-7-24/h6-9,19-20,22-23,27H,1-5,10-18H2,(H,41,50)(H,42,52)(H,43,51)/t27-/m0/s1. The number of nitrogens with zero attached hydrogens (tertiary/aromatic N) is 7. The first kappa shape index (κ1) is 38.2. The van der Waals surface area contributed by atoms with Gasteiger partial charge in [-0.3, -0.25) is 14.4 Å². The number of nitrogens with one attached hydrogen (secondary N) is 3. The Morgan fingerprint density at radius 2 is 1.65 bits per heavy atom. The van der Waals surface area contributed by atoms with Crippen molar-refractivity contribution in [3.63, 3.8) is 0 Å². The summed E-state index contributed by atoms with van der Waals surface area (Å²) >= 11 is 5.77. The summed E-state index contributed by atoms with van der Waals surface area (Å²) in [6, 6.07) is 11.4. The van der Waals surface area contributed by atoms with E-state index in [1.165, 1.54) is 12.4 Å². The van der Waals surface area contributed by atoms with Gasteiger partial charge in [-0.15, -0.1) is 0 Å². The average Bonchev–Trinajstić information content (AvgIpc) is 3.64. The first-order chi connectivity index (χ1) is 25.0. The molecule has 1 aromatic carbocycles. The van der Waals surface area contributed by atoms with Crippen LogP contribution < -0.4 is 25.8 Å². The Hall–Kier alpha value is -5.04. The Kier molecular flexibility index (Phi) is 13.2. The number of nitriles is 1. The zero-order chi connectivity index (χ0) is 37.1. The van der Waals surface area contributed by atoms with Gasteiger partial charge < -0.3 is 25.8 Å². The highest BCUT2D eigenvalue weighted by Crippen LogP contribution is 2.34. The molecule has 0 bridgehead atoms. The highest BCUT2D eigenvalue weighted by atomic mass is 35.5. The summed E-state index contributed by atoms with van der Waals surface area (Å²) in [5, 5.41) is 17.5. The van der Waals surface area contributed by atoms with E-state index >= 15 is 0 Å². The van der Waals surface area contributed by atoms with Crippen LogP contribution in [0, 0.1) is 17.2 Å². The average molecular weight is 741 g/mol. The maximum Gasteiger partial charge on any atom is 0.451 e. The monoisotopic (exact) mass is 740 g/mol. The summed E-state index contributed by atoms with van der Waals surface area (Å²) in [4.78, 5) is 56.4. The SMILES string of the molecule is N#Cc1ccc(CCNC(=O)[C@@H]2CCCN2c2cc(N3CCC(CCCC(=O)NCCNC(=O)c4cc(Cl)ncn4)CC3)nc(C(F)(F)F)n2)cc1. The van der Waals surface area contributed by atoms with E-state index in [0.717, 1.165) is 24.8 Å². The molecule has 2 aliphatic rings. The van der Waals surface area contributed by atoms with Crippen molar-refractivity contribution >= 4 is 41.0 Å². The van der Waals surface area contributed by atoms with E-state index in [-0.39, 0.29) is 47.4 Å². The van der Waals surface area contributed by atoms with E-state index in [9.17, 15) is 27.6 Å². The molecule has 5 rings (SSSR count). The first-order valence-corrected chi connectivity index (χ1v) is 17.6. The van der Waals surface area contributed by atoms with E-state index in [1.54, 1.807) is 23.1 Å². The lowest BCUT2D eigenvalue weighted by atomic mass is 9.91. The number of piperidine rings is 1. The van der Waals surface area contributed by atoms with E-state index < -0.39 is 23.9 Å². The topological polar surface area (TPSA) is 169 Å². The first-order valence-electron chi connectivity index (χ1n) is 17.3. The van der Waals surface area contributed by atoms with Gasteiger partial charge in [0.25, 0.3) is 5.91 Å². The minimum absolute atomic E-state index is 0.0770. The second-order valence-corrected chi connectivity index (χ2v) is 13.1. The summed E-state index contributed by atoms with van der Waals surface area (Å²) in [7, 11) is 0. The molecule has 0 saturated carbocycles. The van der Waals surface area contributed by atoms with Crippen molar-refractivity contribution in [1.29, 1.82) is 5.26 Å². The number of carbonyl (C=O) groups is 3. The molecule has 0 radical (unpaired) electrons. The normalized spacial score (nSPS) is 16.3. The van der Waals surface area contributed by atoms with Gasteiger partial charge in [-0.1, -0.05) is 23.7 Å². The fourth-order valence-corrected chi connectivity index (χ4v) is 6.53. The summed E-state index contributed by atoms with van der Waals surface area (Å²) in [6.07, 6.45) is 1.33. The number of hydrogen-bond acceptors (Lipinski definition) is 10. The maximum atomic E-state index is 14.0. The molecule has 0 unspecified atom stereocenters. The lowest BCUT2D eigenvalue weighted by molar-refractivity contribution is -0.144. The minimum Gasteiger partial charge on any atom is -0.356 e. The minimum atomic E-state index is -4.76. The van der Waals surface area contributed by atoms with Gasteiger partial charge in [-0.05, 0) is 68.6 Å². The number of aromatic nitrogens is 4. The van der Waals surface area contributed by atoms with Crippen LogP contribution in [-0.4, -0.2) is 83.0 Å². The van der Waals surface area contributed by atoms with Gasteiger partial charge in [0.05, 0.1) is 11.6 Å². The predicted octanol–water partition coefficient (Wildman–Crippen LogP) is 4.07. The van der Waals surface area contributed by atoms with Gasteiger partial charge >= 0.3 is 6.18 Å². The van der Waals surface area contributed by atoms with E-state index in [0.29, 0.717) is 69.8 Å². The van der Waals surface area contributed by atoms with Crippen LogP contribution in [0.5, 0.6) is 0 Å².